The Bertz CT molecular complexity index is 438. The molecule has 2 rings (SSSR count). The molecule has 1 aromatic rings. The van der Waals surface area contributed by atoms with Gasteiger partial charge in [0.05, 0.1) is 11.3 Å². The van der Waals surface area contributed by atoms with E-state index in [1.54, 1.807) is 0 Å². The van der Waals surface area contributed by atoms with E-state index >= 15 is 0 Å². The van der Waals surface area contributed by atoms with E-state index in [2.05, 4.69) is 4.98 Å². The first-order valence-electron chi connectivity index (χ1n) is 4.77. The largest absolute Gasteiger partial charge is 0.433 e. The van der Waals surface area contributed by atoms with E-state index in [1.807, 2.05) is 0 Å². The smallest absolute Gasteiger partial charge is 0.366 e. The number of rotatable bonds is 2. The summed E-state index contributed by atoms with van der Waals surface area (Å²) in [6, 6.07) is 1.89. The third kappa shape index (κ3) is 2.00. The molecular weight excluding hydrogens is 221 g/mol. The van der Waals surface area contributed by atoms with E-state index in [9.17, 15) is 18.0 Å². The molecule has 0 aliphatic heterocycles. The normalized spacial score (nSPS) is 16.2. The van der Waals surface area contributed by atoms with Gasteiger partial charge >= 0.3 is 6.18 Å². The number of hydrogen-bond donors (Lipinski definition) is 1. The minimum absolute atomic E-state index is 0.0511. The van der Waals surface area contributed by atoms with Crippen molar-refractivity contribution in [2.75, 3.05) is 0 Å². The van der Waals surface area contributed by atoms with Crippen LogP contribution in [0.25, 0.3) is 0 Å². The van der Waals surface area contributed by atoms with E-state index in [0.29, 0.717) is 0 Å². The lowest BCUT2D eigenvalue weighted by atomic mass is 10.1. The van der Waals surface area contributed by atoms with Crippen LogP contribution in [0.2, 0.25) is 0 Å². The Hall–Kier alpha value is -1.59. The fraction of sp³-hybridized carbons (Fsp3) is 0.400. The van der Waals surface area contributed by atoms with E-state index in [-0.39, 0.29) is 17.2 Å². The SMILES string of the molecule is NC(=O)c1ccc(C(F)(F)F)nc1C1CC1. The van der Waals surface area contributed by atoms with Gasteiger partial charge < -0.3 is 5.73 Å². The van der Waals surface area contributed by atoms with Crippen molar-refractivity contribution in [2.24, 2.45) is 5.73 Å². The van der Waals surface area contributed by atoms with Gasteiger partial charge in [-0.25, -0.2) is 4.98 Å². The molecule has 1 saturated carbocycles. The zero-order valence-electron chi connectivity index (χ0n) is 8.21. The molecule has 1 fully saturated rings. The first-order valence-corrected chi connectivity index (χ1v) is 4.77. The number of halogens is 3. The maximum Gasteiger partial charge on any atom is 0.433 e. The summed E-state index contributed by atoms with van der Waals surface area (Å²) >= 11 is 0. The van der Waals surface area contributed by atoms with Crippen molar-refractivity contribution < 1.29 is 18.0 Å². The molecule has 2 N–H and O–H groups in total. The van der Waals surface area contributed by atoms with Crippen molar-refractivity contribution in [3.8, 4) is 0 Å². The van der Waals surface area contributed by atoms with Gasteiger partial charge in [-0.15, -0.1) is 0 Å². The number of aromatic nitrogens is 1. The minimum Gasteiger partial charge on any atom is -0.366 e. The van der Waals surface area contributed by atoms with Crippen molar-refractivity contribution in [3.05, 3.63) is 29.1 Å². The molecule has 0 spiro atoms. The van der Waals surface area contributed by atoms with E-state index in [1.165, 1.54) is 0 Å². The summed E-state index contributed by atoms with van der Waals surface area (Å²) in [5, 5.41) is 0. The highest BCUT2D eigenvalue weighted by Crippen LogP contribution is 2.41. The fourth-order valence-corrected chi connectivity index (χ4v) is 1.51. The van der Waals surface area contributed by atoms with Crippen LogP contribution in [0.15, 0.2) is 12.1 Å². The molecule has 0 unspecified atom stereocenters. The zero-order valence-corrected chi connectivity index (χ0v) is 8.21. The molecule has 1 aromatic heterocycles. The Morgan fingerprint density at radius 2 is 2.00 bits per heavy atom. The van der Waals surface area contributed by atoms with Crippen LogP contribution in [0.5, 0.6) is 0 Å². The van der Waals surface area contributed by atoms with Gasteiger partial charge in [0.15, 0.2) is 0 Å². The van der Waals surface area contributed by atoms with Gasteiger partial charge in [-0.3, -0.25) is 4.79 Å². The van der Waals surface area contributed by atoms with Gasteiger partial charge in [-0.1, -0.05) is 0 Å². The standard InChI is InChI=1S/C10H9F3N2O/c11-10(12,13)7-4-3-6(9(14)16)8(15-7)5-1-2-5/h3-5H,1-2H2,(H2,14,16). The van der Waals surface area contributed by atoms with Crippen LogP contribution in [-0.4, -0.2) is 10.9 Å². The summed E-state index contributed by atoms with van der Waals surface area (Å²) in [5.41, 5.74) is 4.38. The van der Waals surface area contributed by atoms with Crippen LogP contribution in [0.4, 0.5) is 13.2 Å². The average molecular weight is 230 g/mol. The van der Waals surface area contributed by atoms with E-state index in [4.69, 9.17) is 5.73 Å². The van der Waals surface area contributed by atoms with Gasteiger partial charge in [0.1, 0.15) is 5.69 Å². The summed E-state index contributed by atoms with van der Waals surface area (Å²) in [7, 11) is 0. The fourth-order valence-electron chi connectivity index (χ4n) is 1.51. The number of primary amides is 1. The third-order valence-electron chi connectivity index (χ3n) is 2.44. The van der Waals surface area contributed by atoms with Gasteiger partial charge in [-0.2, -0.15) is 13.2 Å². The molecule has 0 radical (unpaired) electrons. The molecule has 1 amide bonds. The highest BCUT2D eigenvalue weighted by atomic mass is 19.4. The van der Waals surface area contributed by atoms with Crippen LogP contribution in [0, 0.1) is 0 Å². The van der Waals surface area contributed by atoms with E-state index in [0.717, 1.165) is 25.0 Å². The molecule has 16 heavy (non-hydrogen) atoms. The average Bonchev–Trinajstić information content (AvgIpc) is 2.98. The molecule has 6 heteroatoms. The number of amides is 1. The van der Waals surface area contributed by atoms with Gasteiger partial charge in [-0.05, 0) is 25.0 Å². The lowest BCUT2D eigenvalue weighted by Crippen LogP contribution is -2.17. The highest BCUT2D eigenvalue weighted by Gasteiger charge is 2.36. The van der Waals surface area contributed by atoms with Crippen LogP contribution in [0.3, 0.4) is 0 Å². The Balaban J connectivity index is 2.48. The number of alkyl halides is 3. The summed E-state index contributed by atoms with van der Waals surface area (Å²) in [5.74, 6) is -0.784. The quantitative estimate of drug-likeness (QED) is 0.845. The van der Waals surface area contributed by atoms with Crippen LogP contribution < -0.4 is 5.73 Å². The maximum atomic E-state index is 12.4. The summed E-state index contributed by atoms with van der Waals surface area (Å²) < 4.78 is 37.2. The van der Waals surface area contributed by atoms with Crippen LogP contribution >= 0.6 is 0 Å². The zero-order chi connectivity index (χ0) is 11.9. The topological polar surface area (TPSA) is 56.0 Å². The Morgan fingerprint density at radius 3 is 2.44 bits per heavy atom. The molecule has 0 saturated heterocycles. The first kappa shape index (κ1) is 10.9. The maximum absolute atomic E-state index is 12.4. The van der Waals surface area contributed by atoms with Crippen molar-refractivity contribution in [1.29, 1.82) is 0 Å². The minimum atomic E-state index is -4.49. The number of nitrogens with zero attached hydrogens (tertiary/aromatic N) is 1. The number of carbonyl (C=O) groups is 1. The number of nitrogens with two attached hydrogens (primary N) is 1. The third-order valence-corrected chi connectivity index (χ3v) is 2.44. The molecule has 1 heterocycles. The number of hydrogen-bond acceptors (Lipinski definition) is 2. The van der Waals surface area contributed by atoms with Gasteiger partial charge in [0.25, 0.3) is 5.91 Å². The molecule has 0 atom stereocenters. The lowest BCUT2D eigenvalue weighted by Gasteiger charge is -2.10. The molecule has 0 aromatic carbocycles. The monoisotopic (exact) mass is 230 g/mol. The van der Waals surface area contributed by atoms with Gasteiger partial charge in [0.2, 0.25) is 0 Å². The molecule has 0 bridgehead atoms. The second-order valence-electron chi connectivity index (χ2n) is 3.77. The summed E-state index contributed by atoms with van der Waals surface area (Å²) in [6.45, 7) is 0. The Labute approximate surface area is 89.5 Å². The van der Waals surface area contributed by atoms with Gasteiger partial charge in [0, 0.05) is 5.92 Å². The molecule has 1 aliphatic rings. The van der Waals surface area contributed by atoms with Crippen molar-refractivity contribution in [2.45, 2.75) is 24.9 Å². The van der Waals surface area contributed by atoms with Crippen LogP contribution in [0.1, 0.15) is 40.5 Å². The van der Waals surface area contributed by atoms with Crippen molar-refractivity contribution in [3.63, 3.8) is 0 Å². The van der Waals surface area contributed by atoms with Crippen LogP contribution in [-0.2, 0) is 6.18 Å². The van der Waals surface area contributed by atoms with Crippen molar-refractivity contribution >= 4 is 5.91 Å². The lowest BCUT2D eigenvalue weighted by molar-refractivity contribution is -0.141. The van der Waals surface area contributed by atoms with Crippen molar-refractivity contribution in [1.82, 2.24) is 4.98 Å². The second kappa shape index (κ2) is 3.47. The number of pyridine rings is 1. The predicted molar refractivity (Wildman–Crippen MR) is 49.7 cm³/mol. The molecule has 3 nitrogen and oxygen atoms in total. The molecule has 1 aliphatic carbocycles. The predicted octanol–water partition coefficient (Wildman–Crippen LogP) is 2.08. The Morgan fingerprint density at radius 1 is 1.38 bits per heavy atom. The number of carbonyl (C=O) groups excluding carboxylic acids is 1. The highest BCUT2D eigenvalue weighted by molar-refractivity contribution is 5.94. The Kier molecular flexibility index (Phi) is 2.36. The second-order valence-corrected chi connectivity index (χ2v) is 3.77. The first-order chi connectivity index (χ1) is 7.39. The molecule has 86 valence electrons. The summed E-state index contributed by atoms with van der Waals surface area (Å²) in [4.78, 5) is 14.5. The van der Waals surface area contributed by atoms with E-state index < -0.39 is 17.8 Å². The molecular formula is C10H9F3N2O. The summed E-state index contributed by atoms with van der Waals surface area (Å²) in [6.07, 6.45) is -2.97.